The molecule has 0 saturated heterocycles. The number of hydrogen-bond donors (Lipinski definition) is 0. The fourth-order valence-electron chi connectivity index (χ4n) is 6.71. The van der Waals surface area contributed by atoms with Crippen LogP contribution in [-0.4, -0.2) is 15.0 Å². The van der Waals surface area contributed by atoms with Crippen molar-refractivity contribution in [2.24, 2.45) is 0 Å². The number of para-hydroxylation sites is 2. The van der Waals surface area contributed by atoms with Crippen molar-refractivity contribution in [2.75, 3.05) is 0 Å². The zero-order valence-corrected chi connectivity index (χ0v) is 25.9. The van der Waals surface area contributed by atoms with Crippen LogP contribution >= 0.6 is 0 Å². The molecule has 0 fully saturated rings. The van der Waals surface area contributed by atoms with Gasteiger partial charge in [-0.3, -0.25) is 0 Å². The summed E-state index contributed by atoms with van der Waals surface area (Å²) < 4.78 is 13.1. The van der Waals surface area contributed by atoms with Crippen molar-refractivity contribution in [3.8, 4) is 56.8 Å². The molecule has 1 aliphatic rings. The molecule has 0 unspecified atom stereocenters. The van der Waals surface area contributed by atoms with Gasteiger partial charge in [-0.1, -0.05) is 123 Å². The molecule has 8 aromatic rings. The first-order chi connectivity index (χ1) is 23.0. The highest BCUT2D eigenvalue weighted by molar-refractivity contribution is 6.07. The zero-order chi connectivity index (χ0) is 31.5. The van der Waals surface area contributed by atoms with Crippen LogP contribution in [0.2, 0.25) is 0 Å². The summed E-state index contributed by atoms with van der Waals surface area (Å²) in [6.07, 6.45) is 0. The Morgan fingerprint density at radius 3 is 1.66 bits per heavy atom. The lowest BCUT2D eigenvalue weighted by Gasteiger charge is -2.35. The molecule has 47 heavy (non-hydrogen) atoms. The van der Waals surface area contributed by atoms with Gasteiger partial charge < -0.3 is 9.15 Å². The average molecular weight is 608 g/mol. The van der Waals surface area contributed by atoms with E-state index in [0.717, 1.165) is 61.3 Å². The second kappa shape index (κ2) is 10.5. The summed E-state index contributed by atoms with van der Waals surface area (Å²) in [7, 11) is 0. The minimum atomic E-state index is -0.185. The highest BCUT2D eigenvalue weighted by Gasteiger charge is 2.35. The molecule has 0 atom stereocenters. The Hall–Kier alpha value is -6.07. The maximum atomic E-state index is 6.57. The third kappa shape index (κ3) is 4.50. The monoisotopic (exact) mass is 607 g/mol. The Kier molecular flexibility index (Phi) is 6.09. The Bertz CT molecular complexity index is 2410. The quantitative estimate of drug-likeness (QED) is 0.199. The van der Waals surface area contributed by atoms with E-state index in [1.807, 2.05) is 72.8 Å². The van der Waals surface area contributed by atoms with Crippen molar-refractivity contribution in [3.05, 3.63) is 151 Å². The van der Waals surface area contributed by atoms with Gasteiger partial charge in [0, 0.05) is 49.6 Å². The topological polar surface area (TPSA) is 61.0 Å². The lowest BCUT2D eigenvalue weighted by atomic mass is 9.75. The van der Waals surface area contributed by atoms with Crippen LogP contribution in [-0.2, 0) is 5.41 Å². The SMILES string of the molecule is CC1(C)c2ccccc2Oc2c(-c3ccc4c(c3)oc3cc(-c5nc(-c6ccccc6)nc(-c6ccccc6)n5)ccc34)cccc21. The summed E-state index contributed by atoms with van der Waals surface area (Å²) in [4.78, 5) is 14.6. The third-order valence-corrected chi connectivity index (χ3v) is 9.20. The predicted molar refractivity (Wildman–Crippen MR) is 187 cm³/mol. The van der Waals surface area contributed by atoms with Gasteiger partial charge in [0.25, 0.3) is 0 Å². The van der Waals surface area contributed by atoms with Crippen molar-refractivity contribution in [1.82, 2.24) is 15.0 Å². The van der Waals surface area contributed by atoms with Crippen LogP contribution in [0.3, 0.4) is 0 Å². The van der Waals surface area contributed by atoms with Gasteiger partial charge in [-0.2, -0.15) is 0 Å². The van der Waals surface area contributed by atoms with E-state index in [1.165, 1.54) is 11.1 Å². The summed E-state index contributed by atoms with van der Waals surface area (Å²) >= 11 is 0. The number of hydrogen-bond acceptors (Lipinski definition) is 5. The van der Waals surface area contributed by atoms with Gasteiger partial charge in [-0.25, -0.2) is 15.0 Å². The molecule has 9 rings (SSSR count). The molecule has 224 valence electrons. The lowest BCUT2D eigenvalue weighted by Crippen LogP contribution is -2.24. The molecule has 3 heterocycles. The van der Waals surface area contributed by atoms with Crippen molar-refractivity contribution in [3.63, 3.8) is 0 Å². The van der Waals surface area contributed by atoms with E-state index in [-0.39, 0.29) is 5.41 Å². The largest absolute Gasteiger partial charge is 0.456 e. The van der Waals surface area contributed by atoms with Crippen molar-refractivity contribution in [2.45, 2.75) is 19.3 Å². The molecule has 6 aromatic carbocycles. The second-order valence-corrected chi connectivity index (χ2v) is 12.5. The van der Waals surface area contributed by atoms with Gasteiger partial charge in [0.1, 0.15) is 22.7 Å². The fourth-order valence-corrected chi connectivity index (χ4v) is 6.71. The summed E-state index contributed by atoms with van der Waals surface area (Å²) in [5.41, 5.74) is 8.59. The molecule has 0 radical (unpaired) electrons. The molecule has 0 N–H and O–H groups in total. The Morgan fingerprint density at radius 1 is 0.468 bits per heavy atom. The first-order valence-electron chi connectivity index (χ1n) is 15.8. The average Bonchev–Trinajstić information content (AvgIpc) is 3.49. The minimum absolute atomic E-state index is 0.185. The second-order valence-electron chi connectivity index (χ2n) is 12.5. The molecule has 1 aliphatic heterocycles. The summed E-state index contributed by atoms with van der Waals surface area (Å²) in [5.74, 6) is 3.65. The van der Waals surface area contributed by atoms with Crippen LogP contribution < -0.4 is 4.74 Å². The van der Waals surface area contributed by atoms with E-state index in [2.05, 4.69) is 80.6 Å². The van der Waals surface area contributed by atoms with Crippen molar-refractivity contribution in [1.29, 1.82) is 0 Å². The van der Waals surface area contributed by atoms with Crippen LogP contribution in [0.5, 0.6) is 11.5 Å². The van der Waals surface area contributed by atoms with Gasteiger partial charge in [-0.05, 0) is 35.9 Å². The smallest absolute Gasteiger partial charge is 0.164 e. The minimum Gasteiger partial charge on any atom is -0.456 e. The van der Waals surface area contributed by atoms with Gasteiger partial charge in [0.15, 0.2) is 17.5 Å². The Balaban J connectivity index is 1.15. The van der Waals surface area contributed by atoms with Crippen molar-refractivity contribution < 1.29 is 9.15 Å². The van der Waals surface area contributed by atoms with E-state index in [1.54, 1.807) is 0 Å². The third-order valence-electron chi connectivity index (χ3n) is 9.20. The van der Waals surface area contributed by atoms with Crippen LogP contribution in [0.1, 0.15) is 25.0 Å². The van der Waals surface area contributed by atoms with Crippen LogP contribution in [0, 0.1) is 0 Å². The maximum absolute atomic E-state index is 6.57. The number of nitrogens with zero attached hydrogens (tertiary/aromatic N) is 3. The molecule has 0 bridgehead atoms. The standard InChI is InChI=1S/C42H29N3O2/c1-42(2)33-17-9-10-19-35(33)47-38-30(16-11-18-34(38)42)28-20-22-31-32-23-21-29(25-37(32)46-36(31)24-28)41-44-39(26-12-5-3-6-13-26)43-40(45-41)27-14-7-4-8-15-27/h3-25H,1-2H3. The van der Waals surface area contributed by atoms with Crippen LogP contribution in [0.25, 0.3) is 67.2 Å². The van der Waals surface area contributed by atoms with Crippen LogP contribution in [0.4, 0.5) is 0 Å². The maximum Gasteiger partial charge on any atom is 0.164 e. The molecule has 0 saturated carbocycles. The normalized spacial score (nSPS) is 13.2. The van der Waals surface area contributed by atoms with Gasteiger partial charge in [0.05, 0.1) is 0 Å². The molecular weight excluding hydrogens is 578 g/mol. The van der Waals surface area contributed by atoms with E-state index in [4.69, 9.17) is 24.1 Å². The molecule has 0 aliphatic carbocycles. The Morgan fingerprint density at radius 2 is 1.00 bits per heavy atom. The Labute approximate surface area is 272 Å². The highest BCUT2D eigenvalue weighted by Crippen LogP contribution is 2.51. The number of aromatic nitrogens is 3. The summed E-state index contributed by atoms with van der Waals surface area (Å²) in [6.45, 7) is 4.52. The van der Waals surface area contributed by atoms with Crippen LogP contribution in [0.15, 0.2) is 144 Å². The molecule has 2 aromatic heterocycles. The van der Waals surface area contributed by atoms with E-state index in [0.29, 0.717) is 17.5 Å². The first-order valence-corrected chi connectivity index (χ1v) is 15.8. The number of ether oxygens (including phenoxy) is 1. The first kappa shape index (κ1) is 27.3. The van der Waals surface area contributed by atoms with Gasteiger partial charge >= 0.3 is 0 Å². The zero-order valence-electron chi connectivity index (χ0n) is 25.9. The number of fused-ring (bicyclic) bond motifs is 5. The van der Waals surface area contributed by atoms with E-state index in [9.17, 15) is 0 Å². The lowest BCUT2D eigenvalue weighted by molar-refractivity contribution is 0.419. The number of rotatable bonds is 4. The van der Waals surface area contributed by atoms with E-state index < -0.39 is 0 Å². The van der Waals surface area contributed by atoms with Gasteiger partial charge in [0.2, 0.25) is 0 Å². The molecule has 5 heteroatoms. The molecule has 0 spiro atoms. The number of benzene rings is 6. The van der Waals surface area contributed by atoms with Gasteiger partial charge in [-0.15, -0.1) is 0 Å². The molecular formula is C42H29N3O2. The molecule has 0 amide bonds. The summed E-state index contributed by atoms with van der Waals surface area (Å²) in [5, 5.41) is 2.09. The predicted octanol–water partition coefficient (Wildman–Crippen LogP) is 10.9. The highest BCUT2D eigenvalue weighted by atomic mass is 16.5. The van der Waals surface area contributed by atoms with E-state index >= 15 is 0 Å². The molecule has 5 nitrogen and oxygen atoms in total. The fraction of sp³-hybridized carbons (Fsp3) is 0.0714. The van der Waals surface area contributed by atoms with Crippen molar-refractivity contribution >= 4 is 21.9 Å². The number of furan rings is 1. The summed E-state index contributed by atoms with van der Waals surface area (Å²) in [6, 6.07) is 47.3.